The van der Waals surface area contributed by atoms with Crippen LogP contribution in [0.3, 0.4) is 0 Å². The van der Waals surface area contributed by atoms with Crippen molar-refractivity contribution < 1.29 is 13.2 Å². The van der Waals surface area contributed by atoms with Crippen molar-refractivity contribution in [3.63, 3.8) is 0 Å². The molecule has 1 N–H and O–H groups in total. The smallest absolute Gasteiger partial charge is 0.279 e. The maximum absolute atomic E-state index is 12.2. The van der Waals surface area contributed by atoms with Crippen LogP contribution >= 0.6 is 0 Å². The zero-order valence-corrected chi connectivity index (χ0v) is 15.1. The van der Waals surface area contributed by atoms with Gasteiger partial charge in [-0.1, -0.05) is 20.8 Å². The Bertz CT molecular complexity index is 493. The molecule has 0 aromatic rings. The number of nitriles is 1. The first-order valence-corrected chi connectivity index (χ1v) is 9.24. The lowest BCUT2D eigenvalue weighted by Gasteiger charge is -2.40. The molecule has 6 nitrogen and oxygen atoms in total. The molecule has 0 aliphatic carbocycles. The van der Waals surface area contributed by atoms with Gasteiger partial charge in [-0.15, -0.1) is 0 Å². The summed E-state index contributed by atoms with van der Waals surface area (Å²) in [6, 6.07) is 2.05. The molecule has 1 aliphatic rings. The second kappa shape index (κ2) is 7.73. The summed E-state index contributed by atoms with van der Waals surface area (Å²) in [6.07, 6.45) is 1.97. The minimum absolute atomic E-state index is 0.0161. The normalized spacial score (nSPS) is 25.0. The van der Waals surface area contributed by atoms with E-state index in [-0.39, 0.29) is 29.9 Å². The van der Waals surface area contributed by atoms with Gasteiger partial charge in [-0.05, 0) is 31.1 Å². The zero-order chi connectivity index (χ0) is 17.0. The highest BCUT2D eigenvalue weighted by atomic mass is 32.2. The maximum atomic E-state index is 12.2. The molecule has 22 heavy (non-hydrogen) atoms. The Morgan fingerprint density at radius 2 is 2.09 bits per heavy atom. The van der Waals surface area contributed by atoms with Gasteiger partial charge in [0.2, 0.25) is 0 Å². The average molecular weight is 331 g/mol. The lowest BCUT2D eigenvalue weighted by molar-refractivity contribution is -0.0833. The largest absolute Gasteiger partial charge is 0.377 e. The first-order chi connectivity index (χ1) is 10.1. The lowest BCUT2D eigenvalue weighted by atomic mass is 9.78. The molecule has 1 heterocycles. The fourth-order valence-electron chi connectivity index (χ4n) is 2.86. The fourth-order valence-corrected chi connectivity index (χ4v) is 3.92. The summed E-state index contributed by atoms with van der Waals surface area (Å²) in [7, 11) is -2.06. The van der Waals surface area contributed by atoms with Gasteiger partial charge in [0, 0.05) is 26.7 Å². The van der Waals surface area contributed by atoms with Gasteiger partial charge in [0.25, 0.3) is 10.2 Å². The Morgan fingerprint density at radius 3 is 2.64 bits per heavy atom. The van der Waals surface area contributed by atoms with E-state index in [0.717, 1.165) is 19.4 Å². The molecule has 0 aromatic carbocycles. The van der Waals surface area contributed by atoms with Crippen molar-refractivity contribution >= 4 is 10.2 Å². The molecule has 1 saturated heterocycles. The van der Waals surface area contributed by atoms with Crippen LogP contribution in [0, 0.1) is 28.6 Å². The molecule has 0 bridgehead atoms. The summed E-state index contributed by atoms with van der Waals surface area (Å²) in [5, 5.41) is 8.80. The van der Waals surface area contributed by atoms with Crippen LogP contribution in [0.4, 0.5) is 0 Å². The van der Waals surface area contributed by atoms with E-state index in [1.54, 1.807) is 6.92 Å². The Labute approximate surface area is 135 Å². The topological polar surface area (TPSA) is 82.4 Å². The van der Waals surface area contributed by atoms with Gasteiger partial charge in [-0.3, -0.25) is 0 Å². The molecular formula is C15H29N3O3S. The minimum atomic E-state index is -3.56. The van der Waals surface area contributed by atoms with Gasteiger partial charge in [0.05, 0.1) is 18.1 Å². The predicted molar refractivity (Wildman–Crippen MR) is 86.2 cm³/mol. The number of ether oxygens (including phenoxy) is 1. The number of hydrogen-bond donors (Lipinski definition) is 1. The summed E-state index contributed by atoms with van der Waals surface area (Å²) in [6.45, 7) is 9.36. The van der Waals surface area contributed by atoms with Crippen LogP contribution in [0.15, 0.2) is 0 Å². The third-order valence-electron chi connectivity index (χ3n) is 3.99. The van der Waals surface area contributed by atoms with Gasteiger partial charge in [0.1, 0.15) is 0 Å². The number of hydrogen-bond acceptors (Lipinski definition) is 4. The third kappa shape index (κ3) is 5.51. The average Bonchev–Trinajstić information content (AvgIpc) is 2.44. The molecule has 1 fully saturated rings. The first kappa shape index (κ1) is 19.4. The standard InChI is InChI=1S/C15H29N3O3S/c1-12(9-16)11-18(5)22(19,20)17-10-13-7-6-8-21-14(13)15(2,3)4/h12-14,17H,6-8,10-11H2,1-5H3/t12-,13+,14+/m1/s1. The Hall–Kier alpha value is -0.680. The molecule has 0 spiro atoms. The molecule has 128 valence electrons. The third-order valence-corrected chi connectivity index (χ3v) is 5.49. The summed E-state index contributed by atoms with van der Waals surface area (Å²) >= 11 is 0. The Morgan fingerprint density at radius 1 is 1.45 bits per heavy atom. The minimum Gasteiger partial charge on any atom is -0.377 e. The highest BCUT2D eigenvalue weighted by Gasteiger charge is 2.36. The molecule has 0 saturated carbocycles. The van der Waals surface area contributed by atoms with Crippen molar-refractivity contribution in [2.45, 2.75) is 46.6 Å². The first-order valence-electron chi connectivity index (χ1n) is 7.80. The van der Waals surface area contributed by atoms with Crippen molar-refractivity contribution in [3.05, 3.63) is 0 Å². The molecule has 0 radical (unpaired) electrons. The van der Waals surface area contributed by atoms with Crippen LogP contribution in [0.1, 0.15) is 40.5 Å². The molecule has 1 rings (SSSR count). The van der Waals surface area contributed by atoms with E-state index in [1.807, 2.05) is 6.07 Å². The van der Waals surface area contributed by atoms with E-state index in [4.69, 9.17) is 10.00 Å². The van der Waals surface area contributed by atoms with Gasteiger partial charge in [-0.2, -0.15) is 18.0 Å². The van der Waals surface area contributed by atoms with Crippen LogP contribution in [0.25, 0.3) is 0 Å². The molecule has 0 unspecified atom stereocenters. The zero-order valence-electron chi connectivity index (χ0n) is 14.3. The number of nitrogens with one attached hydrogen (secondary N) is 1. The van der Waals surface area contributed by atoms with Crippen LogP contribution in [-0.2, 0) is 14.9 Å². The summed E-state index contributed by atoms with van der Waals surface area (Å²) in [5.41, 5.74) is -0.0161. The number of rotatable bonds is 6. The van der Waals surface area contributed by atoms with E-state index in [1.165, 1.54) is 11.4 Å². The Kier molecular flexibility index (Phi) is 6.81. The van der Waals surface area contributed by atoms with E-state index in [2.05, 4.69) is 25.5 Å². The summed E-state index contributed by atoms with van der Waals surface area (Å²) in [4.78, 5) is 0. The summed E-state index contributed by atoms with van der Waals surface area (Å²) < 4.78 is 34.2. The van der Waals surface area contributed by atoms with Gasteiger partial charge in [0.15, 0.2) is 0 Å². The van der Waals surface area contributed by atoms with Crippen LogP contribution in [0.2, 0.25) is 0 Å². The van der Waals surface area contributed by atoms with E-state index in [9.17, 15) is 8.42 Å². The molecular weight excluding hydrogens is 302 g/mol. The second-order valence-electron chi connectivity index (χ2n) is 7.22. The van der Waals surface area contributed by atoms with Gasteiger partial charge < -0.3 is 4.74 Å². The van der Waals surface area contributed by atoms with Gasteiger partial charge >= 0.3 is 0 Å². The second-order valence-corrected chi connectivity index (χ2v) is 9.09. The van der Waals surface area contributed by atoms with Crippen molar-refractivity contribution in [2.24, 2.45) is 17.3 Å². The lowest BCUT2D eigenvalue weighted by Crippen LogP contribution is -2.48. The van der Waals surface area contributed by atoms with Crippen molar-refractivity contribution in [1.29, 1.82) is 5.26 Å². The maximum Gasteiger partial charge on any atom is 0.279 e. The van der Waals surface area contributed by atoms with E-state index in [0.29, 0.717) is 6.54 Å². The Balaban J connectivity index is 2.64. The molecule has 1 aliphatic heterocycles. The quantitative estimate of drug-likeness (QED) is 0.804. The predicted octanol–water partition coefficient (Wildman–Crippen LogP) is 1.75. The SMILES string of the molecule is C[C@H](C#N)CN(C)S(=O)(=O)NC[C@@H]1CCCO[C@@H]1C(C)(C)C. The van der Waals surface area contributed by atoms with E-state index < -0.39 is 10.2 Å². The molecule has 3 atom stereocenters. The van der Waals surface area contributed by atoms with Gasteiger partial charge in [-0.25, -0.2) is 4.72 Å². The monoisotopic (exact) mass is 331 g/mol. The van der Waals surface area contributed by atoms with E-state index >= 15 is 0 Å². The van der Waals surface area contributed by atoms with Crippen molar-refractivity contribution in [2.75, 3.05) is 26.7 Å². The van der Waals surface area contributed by atoms with Crippen molar-refractivity contribution in [1.82, 2.24) is 9.03 Å². The molecule has 7 heteroatoms. The molecule has 0 amide bonds. The van der Waals surface area contributed by atoms with Crippen LogP contribution < -0.4 is 4.72 Å². The fraction of sp³-hybridized carbons (Fsp3) is 0.933. The summed E-state index contributed by atoms with van der Waals surface area (Å²) in [5.74, 6) is -0.160. The number of nitrogens with zero attached hydrogens (tertiary/aromatic N) is 2. The highest BCUT2D eigenvalue weighted by molar-refractivity contribution is 7.87. The van der Waals surface area contributed by atoms with Crippen molar-refractivity contribution in [3.8, 4) is 6.07 Å². The highest BCUT2D eigenvalue weighted by Crippen LogP contribution is 2.33. The van der Waals surface area contributed by atoms with Crippen LogP contribution in [0.5, 0.6) is 0 Å². The van der Waals surface area contributed by atoms with Crippen LogP contribution in [-0.4, -0.2) is 45.6 Å². The molecule has 0 aromatic heterocycles.